The van der Waals surface area contributed by atoms with Gasteiger partial charge in [0, 0.05) is 18.9 Å². The van der Waals surface area contributed by atoms with E-state index in [1.807, 2.05) is 32.9 Å². The summed E-state index contributed by atoms with van der Waals surface area (Å²) >= 11 is 0. The zero-order chi connectivity index (χ0) is 19.6. The molecular formula is C20H30O5Si. The highest BCUT2D eigenvalue weighted by molar-refractivity contribution is 6.83. The van der Waals surface area contributed by atoms with E-state index in [0.717, 1.165) is 0 Å². The van der Waals surface area contributed by atoms with Crippen LogP contribution in [0.5, 0.6) is 0 Å². The third kappa shape index (κ3) is 6.10. The van der Waals surface area contributed by atoms with Crippen LogP contribution < -0.4 is 0 Å². The summed E-state index contributed by atoms with van der Waals surface area (Å²) in [4.78, 5) is 11.4. The van der Waals surface area contributed by atoms with E-state index in [2.05, 4.69) is 31.1 Å². The average molecular weight is 379 g/mol. The molecule has 26 heavy (non-hydrogen) atoms. The van der Waals surface area contributed by atoms with Gasteiger partial charge in [-0.3, -0.25) is 0 Å². The number of rotatable bonds is 4. The van der Waals surface area contributed by atoms with Gasteiger partial charge in [-0.15, -0.1) is 5.54 Å². The second-order valence-corrected chi connectivity index (χ2v) is 13.3. The second kappa shape index (κ2) is 7.69. The standard InChI is InChI=1S/C20H30O5Si/c1-19(2)24-17(14-15(21)11-13-26(4,5)6)20(3,25-19)12-10-16-8-7-9-18(22)23-16/h7,9-10,12,15-17,21H,8,14H2,1-6H3/b12-10+/t15-,16+,17+,20+/m0/s1. The molecule has 2 aliphatic rings. The molecule has 1 saturated heterocycles. The fourth-order valence-electron chi connectivity index (χ4n) is 3.02. The van der Waals surface area contributed by atoms with Crippen LogP contribution in [0.2, 0.25) is 19.6 Å². The fraction of sp³-hybridized carbons (Fsp3) is 0.650. The lowest BCUT2D eigenvalue weighted by molar-refractivity contribution is -0.154. The van der Waals surface area contributed by atoms with Gasteiger partial charge in [0.25, 0.3) is 0 Å². The lowest BCUT2D eigenvalue weighted by Gasteiger charge is -2.27. The van der Waals surface area contributed by atoms with Crippen molar-refractivity contribution in [2.24, 2.45) is 0 Å². The molecule has 144 valence electrons. The first-order chi connectivity index (χ1) is 11.9. The minimum Gasteiger partial charge on any atom is -0.455 e. The molecule has 0 aromatic rings. The molecule has 0 spiro atoms. The van der Waals surface area contributed by atoms with Crippen molar-refractivity contribution in [2.45, 2.75) is 83.0 Å². The largest absolute Gasteiger partial charge is 0.455 e. The Morgan fingerprint density at radius 1 is 1.38 bits per heavy atom. The first-order valence-corrected chi connectivity index (χ1v) is 12.5. The highest BCUT2D eigenvalue weighted by atomic mass is 28.3. The summed E-state index contributed by atoms with van der Waals surface area (Å²) in [5.41, 5.74) is 2.45. The topological polar surface area (TPSA) is 65.0 Å². The molecular weight excluding hydrogens is 348 g/mol. The molecule has 2 heterocycles. The molecule has 5 nitrogen and oxygen atoms in total. The molecule has 0 radical (unpaired) electrons. The molecule has 6 heteroatoms. The van der Waals surface area contributed by atoms with E-state index in [4.69, 9.17) is 14.2 Å². The summed E-state index contributed by atoms with van der Waals surface area (Å²) in [5.74, 6) is 1.85. The highest BCUT2D eigenvalue weighted by Crippen LogP contribution is 2.39. The van der Waals surface area contributed by atoms with Gasteiger partial charge in [0.1, 0.15) is 25.9 Å². The van der Waals surface area contributed by atoms with E-state index in [1.54, 1.807) is 6.08 Å². The van der Waals surface area contributed by atoms with Crippen molar-refractivity contribution in [3.8, 4) is 11.5 Å². The maximum absolute atomic E-state index is 11.4. The Labute approximate surface area is 157 Å². The SMILES string of the molecule is CC1(C)O[C@H](C[C@@H](O)C#C[Si](C)(C)C)[C@@](C)(/C=C/[C@H]2CC=CC(=O)O2)O1. The van der Waals surface area contributed by atoms with Crippen LogP contribution in [0.15, 0.2) is 24.3 Å². The van der Waals surface area contributed by atoms with Gasteiger partial charge >= 0.3 is 5.97 Å². The Balaban J connectivity index is 2.11. The van der Waals surface area contributed by atoms with E-state index < -0.39 is 25.6 Å². The first kappa shape index (κ1) is 20.9. The van der Waals surface area contributed by atoms with Crippen LogP contribution in [0.25, 0.3) is 0 Å². The van der Waals surface area contributed by atoms with E-state index in [0.29, 0.717) is 12.8 Å². The Bertz CT molecular complexity index is 649. The molecule has 0 aromatic carbocycles. The molecule has 4 atom stereocenters. The second-order valence-electron chi connectivity index (χ2n) is 8.54. The normalized spacial score (nSPS) is 32.2. The summed E-state index contributed by atoms with van der Waals surface area (Å²) in [5, 5.41) is 10.3. The molecule has 0 bridgehead atoms. The van der Waals surface area contributed by atoms with Crippen LogP contribution in [-0.4, -0.2) is 48.8 Å². The smallest absolute Gasteiger partial charge is 0.331 e. The van der Waals surface area contributed by atoms with Crippen molar-refractivity contribution in [1.29, 1.82) is 0 Å². The van der Waals surface area contributed by atoms with Crippen LogP contribution in [0.4, 0.5) is 0 Å². The Kier molecular flexibility index (Phi) is 6.19. The highest BCUT2D eigenvalue weighted by Gasteiger charge is 2.49. The van der Waals surface area contributed by atoms with Crippen LogP contribution in [0, 0.1) is 11.5 Å². The van der Waals surface area contributed by atoms with Crippen molar-refractivity contribution < 1.29 is 24.1 Å². The number of aliphatic hydroxyl groups excluding tert-OH is 1. The van der Waals surface area contributed by atoms with Gasteiger partial charge in [0.15, 0.2) is 5.79 Å². The third-order valence-corrected chi connectivity index (χ3v) is 5.01. The van der Waals surface area contributed by atoms with Crippen LogP contribution in [-0.2, 0) is 19.0 Å². The van der Waals surface area contributed by atoms with Gasteiger partial charge in [-0.1, -0.05) is 37.7 Å². The van der Waals surface area contributed by atoms with Gasteiger partial charge in [-0.25, -0.2) is 4.79 Å². The fourth-order valence-corrected chi connectivity index (χ4v) is 3.61. The number of aliphatic hydroxyl groups is 1. The molecule has 0 unspecified atom stereocenters. The number of ether oxygens (including phenoxy) is 3. The zero-order valence-electron chi connectivity index (χ0n) is 16.5. The summed E-state index contributed by atoms with van der Waals surface area (Å²) in [6.45, 7) is 12.0. The molecule has 0 aromatic heterocycles. The van der Waals surface area contributed by atoms with E-state index in [1.165, 1.54) is 6.08 Å². The van der Waals surface area contributed by atoms with E-state index in [9.17, 15) is 9.90 Å². The predicted molar refractivity (Wildman–Crippen MR) is 103 cm³/mol. The quantitative estimate of drug-likeness (QED) is 0.353. The van der Waals surface area contributed by atoms with Crippen molar-refractivity contribution in [3.05, 3.63) is 24.3 Å². The molecule has 0 aliphatic carbocycles. The number of hydrogen-bond acceptors (Lipinski definition) is 5. The van der Waals surface area contributed by atoms with Crippen LogP contribution in [0.1, 0.15) is 33.6 Å². The average Bonchev–Trinajstić information content (AvgIpc) is 2.72. The Morgan fingerprint density at radius 2 is 2.08 bits per heavy atom. The Hall–Kier alpha value is -1.39. The number of carbonyl (C=O) groups excluding carboxylic acids is 1. The molecule has 1 N–H and O–H groups in total. The van der Waals surface area contributed by atoms with Gasteiger partial charge in [0.2, 0.25) is 0 Å². The van der Waals surface area contributed by atoms with Crippen LogP contribution >= 0.6 is 0 Å². The first-order valence-electron chi connectivity index (χ1n) is 9.04. The zero-order valence-corrected chi connectivity index (χ0v) is 17.5. The minimum absolute atomic E-state index is 0.311. The maximum Gasteiger partial charge on any atom is 0.331 e. The number of cyclic esters (lactones) is 1. The lowest BCUT2D eigenvalue weighted by atomic mass is 9.93. The molecule has 2 rings (SSSR count). The molecule has 2 aliphatic heterocycles. The van der Waals surface area contributed by atoms with Crippen molar-refractivity contribution in [1.82, 2.24) is 0 Å². The lowest BCUT2D eigenvalue weighted by Crippen LogP contribution is -2.37. The number of carbonyl (C=O) groups is 1. The third-order valence-electron chi connectivity index (χ3n) is 4.11. The van der Waals surface area contributed by atoms with E-state index in [-0.39, 0.29) is 18.2 Å². The monoisotopic (exact) mass is 378 g/mol. The van der Waals surface area contributed by atoms with Gasteiger partial charge in [0.05, 0.1) is 6.10 Å². The molecule has 0 amide bonds. The molecule has 1 fully saturated rings. The van der Waals surface area contributed by atoms with Crippen LogP contribution in [0.3, 0.4) is 0 Å². The van der Waals surface area contributed by atoms with Crippen molar-refractivity contribution >= 4 is 14.0 Å². The van der Waals surface area contributed by atoms with Gasteiger partial charge in [-0.2, -0.15) is 0 Å². The van der Waals surface area contributed by atoms with E-state index >= 15 is 0 Å². The van der Waals surface area contributed by atoms with Crippen molar-refractivity contribution in [3.63, 3.8) is 0 Å². The summed E-state index contributed by atoms with van der Waals surface area (Å²) in [6.07, 6.45) is 6.49. The summed E-state index contributed by atoms with van der Waals surface area (Å²) in [7, 11) is -1.55. The Morgan fingerprint density at radius 3 is 2.69 bits per heavy atom. The van der Waals surface area contributed by atoms with Gasteiger partial charge < -0.3 is 19.3 Å². The number of hydrogen-bond donors (Lipinski definition) is 1. The summed E-state index contributed by atoms with van der Waals surface area (Å²) in [6, 6.07) is 0. The van der Waals surface area contributed by atoms with Crippen molar-refractivity contribution in [2.75, 3.05) is 0 Å². The number of esters is 1. The molecule has 0 saturated carbocycles. The maximum atomic E-state index is 11.4. The predicted octanol–water partition coefficient (Wildman–Crippen LogP) is 2.96. The van der Waals surface area contributed by atoms with Gasteiger partial charge in [-0.05, 0) is 26.8 Å². The minimum atomic E-state index is -1.55. The summed E-state index contributed by atoms with van der Waals surface area (Å²) < 4.78 is 17.4.